The third kappa shape index (κ3) is 3.03. The number of nitrogens with one attached hydrogen (secondary N) is 1. The predicted molar refractivity (Wildman–Crippen MR) is 71.8 cm³/mol. The van der Waals surface area contributed by atoms with Crippen molar-refractivity contribution in [3.8, 4) is 0 Å². The molecule has 0 radical (unpaired) electrons. The zero-order valence-electron chi connectivity index (χ0n) is 9.83. The molecule has 0 saturated carbocycles. The molecule has 4 nitrogen and oxygen atoms in total. The molecule has 1 aromatic heterocycles. The summed E-state index contributed by atoms with van der Waals surface area (Å²) in [5, 5.41) is 3.26. The highest BCUT2D eigenvalue weighted by atomic mass is 79.9. The second-order valence-corrected chi connectivity index (χ2v) is 4.90. The van der Waals surface area contributed by atoms with E-state index in [1.807, 2.05) is 24.8 Å². The molecule has 1 amide bonds. The van der Waals surface area contributed by atoms with Crippen LogP contribution in [0.25, 0.3) is 0 Å². The normalized spacial score (nSPS) is 19.9. The first-order valence-electron chi connectivity index (χ1n) is 5.37. The Morgan fingerprint density at radius 3 is 2.88 bits per heavy atom. The second-order valence-electron chi connectivity index (χ2n) is 4.11. The van der Waals surface area contributed by atoms with Gasteiger partial charge >= 0.3 is 0 Å². The Balaban J connectivity index is 0.00000144. The molecule has 2 rings (SSSR count). The van der Waals surface area contributed by atoms with Crippen LogP contribution in [0.4, 0.5) is 0 Å². The van der Waals surface area contributed by atoms with Crippen molar-refractivity contribution in [1.82, 2.24) is 10.2 Å². The zero-order chi connectivity index (χ0) is 11.7. The molecule has 0 aliphatic carbocycles. The Labute approximate surface area is 115 Å². The van der Waals surface area contributed by atoms with Gasteiger partial charge in [0.05, 0.1) is 0 Å². The molecule has 1 atom stereocenters. The summed E-state index contributed by atoms with van der Waals surface area (Å²) in [5.41, 5.74) is 0.877. The Morgan fingerprint density at radius 2 is 2.35 bits per heavy atom. The maximum atomic E-state index is 12.2. The fraction of sp³-hybridized carbons (Fsp3) is 0.545. The van der Waals surface area contributed by atoms with Gasteiger partial charge in [0.25, 0.3) is 5.91 Å². The van der Waals surface area contributed by atoms with Gasteiger partial charge in [-0.15, -0.1) is 12.4 Å². The molecule has 0 unspecified atom stereocenters. The van der Waals surface area contributed by atoms with Crippen LogP contribution >= 0.6 is 28.3 Å². The van der Waals surface area contributed by atoms with E-state index in [9.17, 15) is 4.79 Å². The van der Waals surface area contributed by atoms with E-state index in [0.717, 1.165) is 25.2 Å². The molecular formula is C11H16BrClN2O2. The van der Waals surface area contributed by atoms with Crippen molar-refractivity contribution >= 4 is 34.2 Å². The summed E-state index contributed by atoms with van der Waals surface area (Å²) in [7, 11) is 0. The summed E-state index contributed by atoms with van der Waals surface area (Å²) in [5.74, 6) is 0.429. The van der Waals surface area contributed by atoms with Crippen LogP contribution in [0, 0.1) is 6.92 Å². The Bertz CT molecular complexity index is 408. The van der Waals surface area contributed by atoms with E-state index in [4.69, 9.17) is 4.42 Å². The van der Waals surface area contributed by atoms with Crippen LogP contribution in [-0.4, -0.2) is 36.5 Å². The third-order valence-corrected chi connectivity index (χ3v) is 3.23. The van der Waals surface area contributed by atoms with E-state index in [1.54, 1.807) is 0 Å². The molecule has 1 aromatic rings. The molecule has 17 heavy (non-hydrogen) atoms. The largest absolute Gasteiger partial charge is 0.444 e. The van der Waals surface area contributed by atoms with Crippen LogP contribution in [0.5, 0.6) is 0 Å². The molecule has 2 heterocycles. The van der Waals surface area contributed by atoms with Crippen molar-refractivity contribution in [2.24, 2.45) is 0 Å². The average molecular weight is 324 g/mol. The Morgan fingerprint density at radius 1 is 1.65 bits per heavy atom. The summed E-state index contributed by atoms with van der Waals surface area (Å²) < 4.78 is 5.99. The summed E-state index contributed by atoms with van der Waals surface area (Å²) in [4.78, 5) is 14.1. The van der Waals surface area contributed by atoms with E-state index in [-0.39, 0.29) is 24.4 Å². The molecule has 0 bridgehead atoms. The summed E-state index contributed by atoms with van der Waals surface area (Å²) >= 11 is 3.24. The lowest BCUT2D eigenvalue weighted by Crippen LogP contribution is -2.52. The van der Waals surface area contributed by atoms with Gasteiger partial charge in [-0.3, -0.25) is 4.79 Å². The number of aryl methyl sites for hydroxylation is 1. The summed E-state index contributed by atoms with van der Waals surface area (Å²) in [6, 6.07) is 2.03. The second kappa shape index (κ2) is 5.89. The number of hydrogen-bond acceptors (Lipinski definition) is 3. The Kier molecular flexibility index (Phi) is 5.04. The fourth-order valence-electron chi connectivity index (χ4n) is 1.93. The van der Waals surface area contributed by atoms with E-state index < -0.39 is 0 Å². The van der Waals surface area contributed by atoms with Crippen LogP contribution in [0.2, 0.25) is 0 Å². The standard InChI is InChI=1S/C11H15BrN2O2.ClH/c1-7-5-9(12)16-10(7)11(15)14-4-3-13-6-8(14)2;/h5,8,13H,3-4,6H2,1-2H3;1H/t8-;/m0./s1. The summed E-state index contributed by atoms with van der Waals surface area (Å²) in [6.07, 6.45) is 0. The van der Waals surface area contributed by atoms with Crippen LogP contribution < -0.4 is 5.32 Å². The van der Waals surface area contributed by atoms with Gasteiger partial charge in [-0.1, -0.05) is 0 Å². The zero-order valence-corrected chi connectivity index (χ0v) is 12.2. The lowest BCUT2D eigenvalue weighted by Gasteiger charge is -2.33. The number of hydrogen-bond donors (Lipinski definition) is 1. The number of piperazine rings is 1. The lowest BCUT2D eigenvalue weighted by molar-refractivity contribution is 0.0620. The molecule has 6 heteroatoms. The minimum Gasteiger partial charge on any atom is -0.444 e. The first kappa shape index (κ1) is 14.5. The molecule has 1 N–H and O–H groups in total. The van der Waals surface area contributed by atoms with E-state index in [2.05, 4.69) is 21.2 Å². The maximum Gasteiger partial charge on any atom is 0.290 e. The topological polar surface area (TPSA) is 45.5 Å². The van der Waals surface area contributed by atoms with Crippen molar-refractivity contribution in [2.75, 3.05) is 19.6 Å². The minimum atomic E-state index is -0.0165. The van der Waals surface area contributed by atoms with Crippen molar-refractivity contribution in [3.63, 3.8) is 0 Å². The van der Waals surface area contributed by atoms with Crippen LogP contribution in [-0.2, 0) is 0 Å². The smallest absolute Gasteiger partial charge is 0.290 e. The maximum absolute atomic E-state index is 12.2. The predicted octanol–water partition coefficient (Wildman–Crippen LogP) is 2.21. The highest BCUT2D eigenvalue weighted by molar-refractivity contribution is 9.10. The molecule has 1 saturated heterocycles. The number of carbonyl (C=O) groups excluding carboxylic acids is 1. The average Bonchev–Trinajstić information content (AvgIpc) is 2.58. The van der Waals surface area contributed by atoms with Crippen molar-refractivity contribution in [1.29, 1.82) is 0 Å². The van der Waals surface area contributed by atoms with Crippen LogP contribution in [0.15, 0.2) is 15.2 Å². The molecule has 1 aliphatic rings. The number of amides is 1. The SMILES string of the molecule is Cc1cc(Br)oc1C(=O)N1CCNC[C@@H]1C.Cl. The van der Waals surface area contributed by atoms with Gasteiger partial charge in [0.2, 0.25) is 0 Å². The van der Waals surface area contributed by atoms with Crippen LogP contribution in [0.1, 0.15) is 23.0 Å². The molecule has 1 aliphatic heterocycles. The van der Waals surface area contributed by atoms with Crippen molar-refractivity contribution in [3.05, 3.63) is 22.1 Å². The van der Waals surface area contributed by atoms with Gasteiger partial charge in [0.1, 0.15) is 0 Å². The van der Waals surface area contributed by atoms with Gasteiger partial charge in [-0.05, 0) is 35.8 Å². The van der Waals surface area contributed by atoms with Gasteiger partial charge in [0.15, 0.2) is 10.4 Å². The Hall–Kier alpha value is -0.520. The van der Waals surface area contributed by atoms with E-state index >= 15 is 0 Å². The van der Waals surface area contributed by atoms with Crippen LogP contribution in [0.3, 0.4) is 0 Å². The minimum absolute atomic E-state index is 0. The van der Waals surface area contributed by atoms with Crippen molar-refractivity contribution < 1.29 is 9.21 Å². The molecule has 1 fully saturated rings. The summed E-state index contributed by atoms with van der Waals surface area (Å²) in [6.45, 7) is 6.34. The third-order valence-electron chi connectivity index (χ3n) is 2.84. The number of carbonyl (C=O) groups is 1. The van der Waals surface area contributed by atoms with Gasteiger partial charge in [-0.25, -0.2) is 0 Å². The fourth-order valence-corrected chi connectivity index (χ4v) is 2.43. The quantitative estimate of drug-likeness (QED) is 0.862. The van der Waals surface area contributed by atoms with E-state index in [1.165, 1.54) is 0 Å². The monoisotopic (exact) mass is 322 g/mol. The number of rotatable bonds is 1. The highest BCUT2D eigenvalue weighted by Gasteiger charge is 2.27. The molecular weight excluding hydrogens is 307 g/mol. The van der Waals surface area contributed by atoms with Gasteiger partial charge in [0, 0.05) is 31.2 Å². The first-order valence-corrected chi connectivity index (χ1v) is 6.16. The molecule has 0 aromatic carbocycles. The lowest BCUT2D eigenvalue weighted by atomic mass is 10.2. The van der Waals surface area contributed by atoms with Gasteiger partial charge in [-0.2, -0.15) is 0 Å². The number of nitrogens with zero attached hydrogens (tertiary/aromatic N) is 1. The van der Waals surface area contributed by atoms with Gasteiger partial charge < -0.3 is 14.6 Å². The number of furan rings is 1. The molecule has 0 spiro atoms. The van der Waals surface area contributed by atoms with E-state index in [0.29, 0.717) is 10.4 Å². The number of halogens is 2. The molecule has 96 valence electrons. The van der Waals surface area contributed by atoms with Crippen molar-refractivity contribution in [2.45, 2.75) is 19.9 Å². The first-order chi connectivity index (χ1) is 7.59. The highest BCUT2D eigenvalue weighted by Crippen LogP contribution is 2.22.